The average molecular weight is 198 g/mol. The lowest BCUT2D eigenvalue weighted by Crippen LogP contribution is -2.27. The third kappa shape index (κ3) is 1.52. The van der Waals surface area contributed by atoms with Gasteiger partial charge in [-0.1, -0.05) is 17.7 Å². The molecule has 0 fully saturated rings. The van der Waals surface area contributed by atoms with Crippen LogP contribution >= 0.6 is 11.6 Å². The SMILES string of the molecule is N[C@H]1CCc2c(ccc(O)c2Cl)C1. The summed E-state index contributed by atoms with van der Waals surface area (Å²) >= 11 is 5.97. The van der Waals surface area contributed by atoms with E-state index in [0.717, 1.165) is 24.8 Å². The van der Waals surface area contributed by atoms with Crippen molar-refractivity contribution >= 4 is 11.6 Å². The Hall–Kier alpha value is -0.730. The molecule has 1 aromatic rings. The Morgan fingerprint density at radius 2 is 2.23 bits per heavy atom. The second-order valence-electron chi connectivity index (χ2n) is 3.54. The predicted molar refractivity (Wildman–Crippen MR) is 53.1 cm³/mol. The maximum absolute atomic E-state index is 9.38. The summed E-state index contributed by atoms with van der Waals surface area (Å²) in [4.78, 5) is 0. The molecule has 1 aromatic carbocycles. The summed E-state index contributed by atoms with van der Waals surface area (Å²) in [5, 5.41) is 9.88. The highest BCUT2D eigenvalue weighted by atomic mass is 35.5. The summed E-state index contributed by atoms with van der Waals surface area (Å²) < 4.78 is 0. The number of nitrogens with two attached hydrogens (primary N) is 1. The van der Waals surface area contributed by atoms with Crippen LogP contribution in [0.4, 0.5) is 0 Å². The van der Waals surface area contributed by atoms with Crippen LogP contribution in [-0.4, -0.2) is 11.1 Å². The molecule has 0 aliphatic heterocycles. The number of aromatic hydroxyl groups is 1. The van der Waals surface area contributed by atoms with Crippen molar-refractivity contribution in [1.29, 1.82) is 0 Å². The first kappa shape index (κ1) is 8.85. The van der Waals surface area contributed by atoms with E-state index in [9.17, 15) is 5.11 Å². The summed E-state index contributed by atoms with van der Waals surface area (Å²) in [7, 11) is 0. The fraction of sp³-hybridized carbons (Fsp3) is 0.400. The molecule has 3 heteroatoms. The summed E-state index contributed by atoms with van der Waals surface area (Å²) in [6, 6.07) is 3.79. The van der Waals surface area contributed by atoms with Gasteiger partial charge in [-0.15, -0.1) is 0 Å². The van der Waals surface area contributed by atoms with Crippen LogP contribution in [-0.2, 0) is 12.8 Å². The Morgan fingerprint density at radius 1 is 1.46 bits per heavy atom. The molecule has 0 heterocycles. The molecule has 0 spiro atoms. The Kier molecular flexibility index (Phi) is 2.18. The van der Waals surface area contributed by atoms with Crippen LogP contribution in [0.3, 0.4) is 0 Å². The van der Waals surface area contributed by atoms with Crippen molar-refractivity contribution in [3.8, 4) is 5.75 Å². The third-order valence-corrected chi connectivity index (χ3v) is 2.99. The smallest absolute Gasteiger partial charge is 0.134 e. The third-order valence-electron chi connectivity index (χ3n) is 2.57. The van der Waals surface area contributed by atoms with Crippen LogP contribution < -0.4 is 5.73 Å². The van der Waals surface area contributed by atoms with E-state index in [4.69, 9.17) is 17.3 Å². The zero-order valence-corrected chi connectivity index (χ0v) is 8.01. The molecule has 3 N–H and O–H groups in total. The fourth-order valence-electron chi connectivity index (χ4n) is 1.82. The van der Waals surface area contributed by atoms with Gasteiger partial charge in [-0.25, -0.2) is 0 Å². The van der Waals surface area contributed by atoms with E-state index in [1.54, 1.807) is 6.07 Å². The summed E-state index contributed by atoms with van der Waals surface area (Å²) in [5.74, 6) is 0.177. The van der Waals surface area contributed by atoms with E-state index in [-0.39, 0.29) is 11.8 Å². The second-order valence-corrected chi connectivity index (χ2v) is 3.92. The maximum atomic E-state index is 9.38. The van der Waals surface area contributed by atoms with Gasteiger partial charge in [0.15, 0.2) is 0 Å². The number of phenolic OH excluding ortho intramolecular Hbond substituents is 1. The lowest BCUT2D eigenvalue weighted by Gasteiger charge is -2.22. The lowest BCUT2D eigenvalue weighted by atomic mass is 9.88. The second kappa shape index (κ2) is 3.20. The van der Waals surface area contributed by atoms with Crippen molar-refractivity contribution in [3.05, 3.63) is 28.3 Å². The quantitative estimate of drug-likeness (QED) is 0.667. The van der Waals surface area contributed by atoms with E-state index in [2.05, 4.69) is 0 Å². The molecular formula is C10H12ClNO. The molecule has 2 rings (SSSR count). The highest BCUT2D eigenvalue weighted by Crippen LogP contribution is 2.33. The topological polar surface area (TPSA) is 46.2 Å². The van der Waals surface area contributed by atoms with E-state index in [0.29, 0.717) is 5.02 Å². The van der Waals surface area contributed by atoms with Crippen molar-refractivity contribution in [1.82, 2.24) is 0 Å². The largest absolute Gasteiger partial charge is 0.506 e. The monoisotopic (exact) mass is 197 g/mol. The van der Waals surface area contributed by atoms with Gasteiger partial charge in [-0.2, -0.15) is 0 Å². The molecule has 1 aliphatic carbocycles. The van der Waals surface area contributed by atoms with Crippen molar-refractivity contribution in [2.75, 3.05) is 0 Å². The molecule has 0 radical (unpaired) electrons. The predicted octanol–water partition coefficient (Wildman–Crippen LogP) is 1.86. The van der Waals surface area contributed by atoms with Crippen LogP contribution in [0.5, 0.6) is 5.75 Å². The number of hydrogen-bond acceptors (Lipinski definition) is 2. The van der Waals surface area contributed by atoms with Crippen LogP contribution in [0.1, 0.15) is 17.5 Å². The Morgan fingerprint density at radius 3 is 3.00 bits per heavy atom. The van der Waals surface area contributed by atoms with Gasteiger partial charge < -0.3 is 10.8 Å². The molecule has 0 bridgehead atoms. The normalized spacial score (nSPS) is 21.2. The van der Waals surface area contributed by atoms with Crippen LogP contribution in [0.25, 0.3) is 0 Å². The molecule has 0 saturated heterocycles. The standard InChI is InChI=1S/C10H12ClNO/c11-10-8-3-2-7(12)5-6(8)1-4-9(10)13/h1,4,7,13H,2-3,5,12H2/t7-/m0/s1. The van der Waals surface area contributed by atoms with Crippen molar-refractivity contribution in [2.24, 2.45) is 5.73 Å². The molecule has 0 amide bonds. The highest BCUT2D eigenvalue weighted by Gasteiger charge is 2.18. The first-order valence-corrected chi connectivity index (χ1v) is 4.81. The summed E-state index contributed by atoms with van der Waals surface area (Å²) in [6.45, 7) is 0. The molecular weight excluding hydrogens is 186 g/mol. The molecule has 0 saturated carbocycles. The van der Waals surface area contributed by atoms with Gasteiger partial charge in [0.1, 0.15) is 5.75 Å². The Bertz CT molecular complexity index is 338. The molecule has 1 atom stereocenters. The lowest BCUT2D eigenvalue weighted by molar-refractivity contribution is 0.472. The summed E-state index contributed by atoms with van der Waals surface area (Å²) in [6.07, 6.45) is 2.70. The van der Waals surface area contributed by atoms with Gasteiger partial charge in [0, 0.05) is 6.04 Å². The molecule has 1 aliphatic rings. The minimum Gasteiger partial charge on any atom is -0.506 e. The van der Waals surface area contributed by atoms with Gasteiger partial charge in [-0.05, 0) is 36.5 Å². The molecule has 13 heavy (non-hydrogen) atoms. The number of rotatable bonds is 0. The molecule has 70 valence electrons. The minimum absolute atomic E-state index is 0.177. The minimum atomic E-state index is 0.177. The summed E-state index contributed by atoms with van der Waals surface area (Å²) in [5.41, 5.74) is 8.09. The number of hydrogen-bond donors (Lipinski definition) is 2. The van der Waals surface area contributed by atoms with Gasteiger partial charge in [-0.3, -0.25) is 0 Å². The van der Waals surface area contributed by atoms with E-state index in [1.165, 1.54) is 5.56 Å². The number of fused-ring (bicyclic) bond motifs is 1. The zero-order valence-electron chi connectivity index (χ0n) is 7.26. The highest BCUT2D eigenvalue weighted by molar-refractivity contribution is 6.32. The molecule has 2 nitrogen and oxygen atoms in total. The van der Waals surface area contributed by atoms with Gasteiger partial charge in [0.25, 0.3) is 0 Å². The molecule has 0 unspecified atom stereocenters. The van der Waals surface area contributed by atoms with Crippen molar-refractivity contribution in [2.45, 2.75) is 25.3 Å². The first-order chi connectivity index (χ1) is 6.18. The average Bonchev–Trinajstić information content (AvgIpc) is 2.12. The van der Waals surface area contributed by atoms with Gasteiger partial charge in [0.2, 0.25) is 0 Å². The van der Waals surface area contributed by atoms with Crippen molar-refractivity contribution < 1.29 is 5.11 Å². The van der Waals surface area contributed by atoms with Crippen LogP contribution in [0.15, 0.2) is 12.1 Å². The number of benzene rings is 1. The zero-order chi connectivity index (χ0) is 9.42. The maximum Gasteiger partial charge on any atom is 0.134 e. The van der Waals surface area contributed by atoms with Crippen molar-refractivity contribution in [3.63, 3.8) is 0 Å². The first-order valence-electron chi connectivity index (χ1n) is 4.43. The van der Waals surface area contributed by atoms with E-state index < -0.39 is 0 Å². The van der Waals surface area contributed by atoms with Gasteiger partial charge in [0.05, 0.1) is 5.02 Å². The van der Waals surface area contributed by atoms with Gasteiger partial charge >= 0.3 is 0 Å². The van der Waals surface area contributed by atoms with Crippen LogP contribution in [0.2, 0.25) is 5.02 Å². The van der Waals surface area contributed by atoms with E-state index in [1.807, 2.05) is 6.07 Å². The van der Waals surface area contributed by atoms with Crippen LogP contribution in [0, 0.1) is 0 Å². The fourth-order valence-corrected chi connectivity index (χ4v) is 2.10. The number of phenols is 1. The molecule has 0 aromatic heterocycles. The Labute approximate surface area is 82.3 Å². The van der Waals surface area contributed by atoms with E-state index >= 15 is 0 Å². The number of halogens is 1. The Balaban J connectivity index is 2.47.